The van der Waals surface area contributed by atoms with E-state index in [-0.39, 0.29) is 0 Å². The molecule has 20 heavy (non-hydrogen) atoms. The highest BCUT2D eigenvalue weighted by Crippen LogP contribution is 2.47. The normalized spacial score (nSPS) is 23.5. The third-order valence-corrected chi connectivity index (χ3v) is 5.02. The summed E-state index contributed by atoms with van der Waals surface area (Å²) < 4.78 is 0. The lowest BCUT2D eigenvalue weighted by molar-refractivity contribution is 0.0978. The SMILES string of the molecule is CCCNC(c1cnccc1C)C1CCCCC1(C)C. The van der Waals surface area contributed by atoms with Gasteiger partial charge < -0.3 is 5.32 Å². The van der Waals surface area contributed by atoms with Crippen LogP contribution in [0.1, 0.15) is 70.0 Å². The maximum atomic E-state index is 4.38. The highest BCUT2D eigenvalue weighted by atomic mass is 14.9. The molecule has 112 valence electrons. The molecule has 2 atom stereocenters. The van der Waals surface area contributed by atoms with Crippen LogP contribution >= 0.6 is 0 Å². The van der Waals surface area contributed by atoms with Crippen molar-refractivity contribution in [3.63, 3.8) is 0 Å². The number of hydrogen-bond donors (Lipinski definition) is 1. The standard InChI is InChI=1S/C18H30N2/c1-5-11-20-17(15-13-19-12-9-14(15)2)16-8-6-7-10-18(16,3)4/h9,12-13,16-17,20H,5-8,10-11H2,1-4H3. The van der Waals surface area contributed by atoms with E-state index in [0.717, 1.165) is 6.54 Å². The quantitative estimate of drug-likeness (QED) is 0.845. The Morgan fingerprint density at radius 1 is 1.40 bits per heavy atom. The average Bonchev–Trinajstić information content (AvgIpc) is 2.42. The van der Waals surface area contributed by atoms with E-state index in [9.17, 15) is 0 Å². The minimum Gasteiger partial charge on any atom is -0.310 e. The second-order valence-electron chi connectivity index (χ2n) is 7.00. The van der Waals surface area contributed by atoms with E-state index in [1.807, 2.05) is 6.20 Å². The summed E-state index contributed by atoms with van der Waals surface area (Å²) in [6.45, 7) is 10.4. The molecule has 0 saturated heterocycles. The van der Waals surface area contributed by atoms with Crippen molar-refractivity contribution in [2.24, 2.45) is 11.3 Å². The van der Waals surface area contributed by atoms with E-state index in [2.05, 4.69) is 50.3 Å². The van der Waals surface area contributed by atoms with Crippen LogP contribution in [0, 0.1) is 18.3 Å². The summed E-state index contributed by atoms with van der Waals surface area (Å²) in [5, 5.41) is 3.81. The smallest absolute Gasteiger partial charge is 0.0371 e. The molecule has 1 aromatic rings. The molecular formula is C18H30N2. The summed E-state index contributed by atoms with van der Waals surface area (Å²) in [4.78, 5) is 4.38. The van der Waals surface area contributed by atoms with Crippen molar-refractivity contribution in [2.75, 3.05) is 6.54 Å². The molecule has 0 bridgehead atoms. The predicted octanol–water partition coefficient (Wildman–Crippen LogP) is 4.65. The van der Waals surface area contributed by atoms with Gasteiger partial charge in [0.15, 0.2) is 0 Å². The minimum atomic E-state index is 0.423. The maximum absolute atomic E-state index is 4.38. The molecular weight excluding hydrogens is 244 g/mol. The zero-order valence-corrected chi connectivity index (χ0v) is 13.6. The van der Waals surface area contributed by atoms with Crippen LogP contribution in [-0.2, 0) is 0 Å². The van der Waals surface area contributed by atoms with Crippen LogP contribution in [0.3, 0.4) is 0 Å². The summed E-state index contributed by atoms with van der Waals surface area (Å²) in [5.74, 6) is 0.714. The fourth-order valence-electron chi connectivity index (χ4n) is 3.71. The molecule has 1 heterocycles. The van der Waals surface area contributed by atoms with Crippen LogP contribution in [-0.4, -0.2) is 11.5 Å². The van der Waals surface area contributed by atoms with Gasteiger partial charge in [-0.25, -0.2) is 0 Å². The lowest BCUT2D eigenvalue weighted by Crippen LogP contribution is -2.39. The van der Waals surface area contributed by atoms with Gasteiger partial charge >= 0.3 is 0 Å². The number of nitrogens with one attached hydrogen (secondary N) is 1. The molecule has 2 heteroatoms. The molecule has 1 saturated carbocycles. The Morgan fingerprint density at radius 3 is 2.85 bits per heavy atom. The topological polar surface area (TPSA) is 24.9 Å². The van der Waals surface area contributed by atoms with Crippen LogP contribution in [0.15, 0.2) is 18.5 Å². The van der Waals surface area contributed by atoms with Crippen LogP contribution in [0.4, 0.5) is 0 Å². The third kappa shape index (κ3) is 3.41. The molecule has 0 amide bonds. The molecule has 0 spiro atoms. The molecule has 2 unspecified atom stereocenters. The number of aryl methyl sites for hydroxylation is 1. The van der Waals surface area contributed by atoms with Crippen molar-refractivity contribution in [2.45, 2.75) is 65.8 Å². The number of rotatable bonds is 5. The van der Waals surface area contributed by atoms with Crippen molar-refractivity contribution in [1.82, 2.24) is 10.3 Å². The van der Waals surface area contributed by atoms with Gasteiger partial charge in [-0.1, -0.05) is 33.6 Å². The van der Waals surface area contributed by atoms with Gasteiger partial charge in [0.25, 0.3) is 0 Å². The number of aromatic nitrogens is 1. The second kappa shape index (κ2) is 6.71. The van der Waals surface area contributed by atoms with Crippen LogP contribution in [0.5, 0.6) is 0 Å². The molecule has 1 aromatic heterocycles. The highest BCUT2D eigenvalue weighted by molar-refractivity contribution is 5.26. The first-order valence-electron chi connectivity index (χ1n) is 8.20. The van der Waals surface area contributed by atoms with Crippen LogP contribution in [0.25, 0.3) is 0 Å². The molecule has 1 aliphatic rings. The molecule has 1 fully saturated rings. The van der Waals surface area contributed by atoms with Gasteiger partial charge in [-0.15, -0.1) is 0 Å². The molecule has 0 radical (unpaired) electrons. The number of hydrogen-bond acceptors (Lipinski definition) is 2. The van der Waals surface area contributed by atoms with E-state index >= 15 is 0 Å². The van der Waals surface area contributed by atoms with Crippen molar-refractivity contribution in [3.8, 4) is 0 Å². The van der Waals surface area contributed by atoms with Gasteiger partial charge in [0.1, 0.15) is 0 Å². The Bertz CT molecular complexity index is 425. The fraction of sp³-hybridized carbons (Fsp3) is 0.722. The zero-order valence-electron chi connectivity index (χ0n) is 13.6. The summed E-state index contributed by atoms with van der Waals surface area (Å²) >= 11 is 0. The molecule has 0 aliphatic heterocycles. The Kier molecular flexibility index (Phi) is 5.20. The van der Waals surface area contributed by atoms with Gasteiger partial charge in [0.2, 0.25) is 0 Å². The van der Waals surface area contributed by atoms with E-state index < -0.39 is 0 Å². The molecule has 2 rings (SSSR count). The molecule has 1 aliphatic carbocycles. The number of pyridine rings is 1. The summed E-state index contributed by atoms with van der Waals surface area (Å²) in [6.07, 6.45) is 10.6. The summed E-state index contributed by atoms with van der Waals surface area (Å²) in [5.41, 5.74) is 3.20. The maximum Gasteiger partial charge on any atom is 0.0371 e. The predicted molar refractivity (Wildman–Crippen MR) is 85.7 cm³/mol. The van der Waals surface area contributed by atoms with Crippen molar-refractivity contribution in [3.05, 3.63) is 29.6 Å². The van der Waals surface area contributed by atoms with Gasteiger partial charge in [-0.2, -0.15) is 0 Å². The van der Waals surface area contributed by atoms with E-state index in [1.165, 1.54) is 43.2 Å². The Labute approximate surface area is 124 Å². The summed E-state index contributed by atoms with van der Waals surface area (Å²) in [7, 11) is 0. The van der Waals surface area contributed by atoms with Gasteiger partial charge in [-0.3, -0.25) is 4.98 Å². The first kappa shape index (κ1) is 15.5. The van der Waals surface area contributed by atoms with Gasteiger partial charge in [0.05, 0.1) is 0 Å². The first-order valence-corrected chi connectivity index (χ1v) is 8.20. The fourth-order valence-corrected chi connectivity index (χ4v) is 3.71. The Hall–Kier alpha value is -0.890. The van der Waals surface area contributed by atoms with Gasteiger partial charge in [-0.05, 0) is 61.3 Å². The van der Waals surface area contributed by atoms with E-state index in [0.29, 0.717) is 17.4 Å². The largest absolute Gasteiger partial charge is 0.310 e. The molecule has 1 N–H and O–H groups in total. The van der Waals surface area contributed by atoms with Crippen LogP contribution in [0.2, 0.25) is 0 Å². The second-order valence-corrected chi connectivity index (χ2v) is 7.00. The average molecular weight is 274 g/mol. The molecule has 0 aromatic carbocycles. The van der Waals surface area contributed by atoms with E-state index in [1.54, 1.807) is 0 Å². The van der Waals surface area contributed by atoms with Gasteiger partial charge in [0, 0.05) is 18.4 Å². The Balaban J connectivity index is 2.29. The van der Waals surface area contributed by atoms with E-state index in [4.69, 9.17) is 0 Å². The lowest BCUT2D eigenvalue weighted by atomic mass is 9.64. The zero-order chi connectivity index (χ0) is 14.6. The first-order chi connectivity index (χ1) is 9.56. The van der Waals surface area contributed by atoms with Crippen molar-refractivity contribution >= 4 is 0 Å². The summed E-state index contributed by atoms with van der Waals surface area (Å²) in [6, 6.07) is 2.60. The highest BCUT2D eigenvalue weighted by Gasteiger charge is 2.38. The van der Waals surface area contributed by atoms with Crippen molar-refractivity contribution in [1.29, 1.82) is 0 Å². The monoisotopic (exact) mass is 274 g/mol. The Morgan fingerprint density at radius 2 is 2.20 bits per heavy atom. The molecule has 2 nitrogen and oxygen atoms in total. The third-order valence-electron chi connectivity index (χ3n) is 5.02. The number of nitrogens with zero attached hydrogens (tertiary/aromatic N) is 1. The van der Waals surface area contributed by atoms with Crippen molar-refractivity contribution < 1.29 is 0 Å². The van der Waals surface area contributed by atoms with Crippen LogP contribution < -0.4 is 5.32 Å². The lowest BCUT2D eigenvalue weighted by Gasteiger charge is -2.44. The minimum absolute atomic E-state index is 0.423.